The number of carbonyl (C=O) groups is 1. The summed E-state index contributed by atoms with van der Waals surface area (Å²) in [6.07, 6.45) is 4.39. The number of hydrogen-bond donors (Lipinski definition) is 0. The summed E-state index contributed by atoms with van der Waals surface area (Å²) in [4.78, 5) is 12.5. The molecule has 0 saturated heterocycles. The maximum atomic E-state index is 12.5. The van der Waals surface area contributed by atoms with E-state index in [0.717, 1.165) is 36.3 Å². The van der Waals surface area contributed by atoms with Gasteiger partial charge in [0.15, 0.2) is 0 Å². The van der Waals surface area contributed by atoms with Gasteiger partial charge in [0, 0.05) is 10.4 Å². The van der Waals surface area contributed by atoms with Gasteiger partial charge in [-0.15, -0.1) is 0 Å². The number of hydrogen-bond acceptors (Lipinski definition) is 2. The lowest BCUT2D eigenvalue weighted by Gasteiger charge is -2.29. The SMILES string of the molecule is Cc1ccc(C(=O)OCC2(c3cccc(Cl)c3)CCCC2)cc1C. The van der Waals surface area contributed by atoms with Gasteiger partial charge in [-0.25, -0.2) is 4.79 Å². The Kier molecular flexibility index (Phi) is 4.96. The highest BCUT2D eigenvalue weighted by Gasteiger charge is 2.37. The summed E-state index contributed by atoms with van der Waals surface area (Å²) in [6.45, 7) is 4.47. The lowest BCUT2D eigenvalue weighted by molar-refractivity contribution is 0.0402. The normalized spacial score (nSPS) is 16.1. The van der Waals surface area contributed by atoms with Crippen LogP contribution in [0.3, 0.4) is 0 Å². The minimum absolute atomic E-state index is 0.0969. The van der Waals surface area contributed by atoms with E-state index < -0.39 is 0 Å². The molecule has 2 nitrogen and oxygen atoms in total. The zero-order valence-corrected chi connectivity index (χ0v) is 15.0. The van der Waals surface area contributed by atoms with Crippen molar-refractivity contribution in [2.75, 3.05) is 6.61 Å². The number of carbonyl (C=O) groups excluding carboxylic acids is 1. The van der Waals surface area contributed by atoms with Gasteiger partial charge < -0.3 is 4.74 Å². The van der Waals surface area contributed by atoms with Crippen molar-refractivity contribution in [3.63, 3.8) is 0 Å². The monoisotopic (exact) mass is 342 g/mol. The average Bonchev–Trinajstić information content (AvgIpc) is 3.05. The molecule has 0 heterocycles. The van der Waals surface area contributed by atoms with Crippen LogP contribution < -0.4 is 0 Å². The third-order valence-electron chi connectivity index (χ3n) is 5.22. The first-order chi connectivity index (χ1) is 11.5. The second kappa shape index (κ2) is 6.98. The zero-order valence-electron chi connectivity index (χ0n) is 14.3. The van der Waals surface area contributed by atoms with Gasteiger partial charge in [0.25, 0.3) is 0 Å². The molecule has 1 aliphatic rings. The third-order valence-corrected chi connectivity index (χ3v) is 5.45. The quantitative estimate of drug-likeness (QED) is 0.673. The van der Waals surface area contributed by atoms with Crippen LogP contribution in [0.4, 0.5) is 0 Å². The van der Waals surface area contributed by atoms with Gasteiger partial charge >= 0.3 is 5.97 Å². The van der Waals surface area contributed by atoms with Crippen molar-refractivity contribution in [1.29, 1.82) is 0 Å². The largest absolute Gasteiger partial charge is 0.461 e. The predicted molar refractivity (Wildman–Crippen MR) is 97.8 cm³/mol. The van der Waals surface area contributed by atoms with Crippen molar-refractivity contribution in [2.45, 2.75) is 44.9 Å². The van der Waals surface area contributed by atoms with E-state index in [4.69, 9.17) is 16.3 Å². The summed E-state index contributed by atoms with van der Waals surface area (Å²) in [5, 5.41) is 0.735. The van der Waals surface area contributed by atoms with Crippen LogP contribution in [0.1, 0.15) is 52.7 Å². The molecule has 3 rings (SSSR count). The Morgan fingerprint density at radius 3 is 2.50 bits per heavy atom. The molecule has 2 aromatic carbocycles. The fourth-order valence-corrected chi connectivity index (χ4v) is 3.73. The van der Waals surface area contributed by atoms with Crippen molar-refractivity contribution in [2.24, 2.45) is 0 Å². The standard InChI is InChI=1S/C21H23ClO2/c1-15-8-9-17(12-16(15)2)20(23)24-14-21(10-3-4-11-21)18-6-5-7-19(22)13-18/h5-9,12-13H,3-4,10-11,14H2,1-2H3. The maximum Gasteiger partial charge on any atom is 0.338 e. The summed E-state index contributed by atoms with van der Waals surface area (Å²) in [7, 11) is 0. The second-order valence-electron chi connectivity index (χ2n) is 6.87. The topological polar surface area (TPSA) is 26.3 Å². The highest BCUT2D eigenvalue weighted by molar-refractivity contribution is 6.30. The molecule has 2 aromatic rings. The molecule has 0 amide bonds. The number of esters is 1. The third kappa shape index (κ3) is 3.49. The van der Waals surface area contributed by atoms with E-state index in [1.807, 2.05) is 50.2 Å². The molecule has 0 spiro atoms. The van der Waals surface area contributed by atoms with Crippen LogP contribution in [0, 0.1) is 13.8 Å². The molecular formula is C21H23ClO2. The van der Waals surface area contributed by atoms with Gasteiger partial charge in [-0.2, -0.15) is 0 Å². The maximum absolute atomic E-state index is 12.5. The van der Waals surface area contributed by atoms with Gasteiger partial charge in [0.1, 0.15) is 6.61 Å². The summed E-state index contributed by atoms with van der Waals surface area (Å²) in [6, 6.07) is 13.7. The van der Waals surface area contributed by atoms with Gasteiger partial charge in [0.05, 0.1) is 5.56 Å². The van der Waals surface area contributed by atoms with Crippen LogP contribution in [0.25, 0.3) is 0 Å². The van der Waals surface area contributed by atoms with Crippen LogP contribution in [0.2, 0.25) is 5.02 Å². The number of halogens is 1. The molecule has 1 aliphatic carbocycles. The Hall–Kier alpha value is -1.80. The van der Waals surface area contributed by atoms with E-state index in [2.05, 4.69) is 6.07 Å². The molecule has 0 unspecified atom stereocenters. The van der Waals surface area contributed by atoms with E-state index in [9.17, 15) is 4.79 Å². The number of aryl methyl sites for hydroxylation is 2. The smallest absolute Gasteiger partial charge is 0.338 e. The molecule has 1 saturated carbocycles. The number of benzene rings is 2. The molecule has 0 bridgehead atoms. The van der Waals surface area contributed by atoms with Crippen molar-refractivity contribution in [1.82, 2.24) is 0 Å². The molecule has 126 valence electrons. The molecule has 3 heteroatoms. The summed E-state index contributed by atoms with van der Waals surface area (Å²) in [5.74, 6) is -0.244. The first-order valence-electron chi connectivity index (χ1n) is 8.51. The fraction of sp³-hybridized carbons (Fsp3) is 0.381. The van der Waals surface area contributed by atoms with Gasteiger partial charge in [-0.1, -0.05) is 42.6 Å². The van der Waals surface area contributed by atoms with Gasteiger partial charge in [-0.3, -0.25) is 0 Å². The second-order valence-corrected chi connectivity index (χ2v) is 7.31. The summed E-state index contributed by atoms with van der Waals surface area (Å²) < 4.78 is 5.72. The molecule has 0 atom stereocenters. The Labute approximate surface area is 148 Å². The molecule has 0 radical (unpaired) electrons. The average molecular weight is 343 g/mol. The highest BCUT2D eigenvalue weighted by Crippen LogP contribution is 2.42. The van der Waals surface area contributed by atoms with Crippen molar-refractivity contribution < 1.29 is 9.53 Å². The molecule has 0 aliphatic heterocycles. The first kappa shape index (κ1) is 17.0. The Bertz CT molecular complexity index is 745. The summed E-state index contributed by atoms with van der Waals surface area (Å²) in [5.41, 5.74) is 3.99. The van der Waals surface area contributed by atoms with Gasteiger partial charge in [-0.05, 0) is 67.6 Å². The molecular weight excluding hydrogens is 320 g/mol. The van der Waals surface area contributed by atoms with Crippen LogP contribution in [-0.4, -0.2) is 12.6 Å². The van der Waals surface area contributed by atoms with Crippen LogP contribution in [-0.2, 0) is 10.2 Å². The molecule has 0 aromatic heterocycles. The molecule has 0 N–H and O–H groups in total. The van der Waals surface area contributed by atoms with E-state index in [1.54, 1.807) is 0 Å². The predicted octanol–water partition coefficient (Wildman–Crippen LogP) is 5.63. The Balaban J connectivity index is 1.77. The summed E-state index contributed by atoms with van der Waals surface area (Å²) >= 11 is 6.17. The molecule has 1 fully saturated rings. The fourth-order valence-electron chi connectivity index (χ4n) is 3.54. The highest BCUT2D eigenvalue weighted by atomic mass is 35.5. The van der Waals surface area contributed by atoms with E-state index >= 15 is 0 Å². The lowest BCUT2D eigenvalue weighted by atomic mass is 9.79. The van der Waals surface area contributed by atoms with Crippen LogP contribution in [0.15, 0.2) is 42.5 Å². The zero-order chi connectivity index (χ0) is 17.2. The van der Waals surface area contributed by atoms with Crippen LogP contribution >= 0.6 is 11.6 Å². The lowest BCUT2D eigenvalue weighted by Crippen LogP contribution is -2.30. The minimum Gasteiger partial charge on any atom is -0.461 e. The Morgan fingerprint density at radius 2 is 1.83 bits per heavy atom. The Morgan fingerprint density at radius 1 is 1.08 bits per heavy atom. The molecule has 24 heavy (non-hydrogen) atoms. The van der Waals surface area contributed by atoms with Crippen LogP contribution in [0.5, 0.6) is 0 Å². The van der Waals surface area contributed by atoms with Crippen molar-refractivity contribution in [3.05, 3.63) is 69.7 Å². The number of rotatable bonds is 4. The van der Waals surface area contributed by atoms with Crippen molar-refractivity contribution in [3.8, 4) is 0 Å². The number of ether oxygens (including phenoxy) is 1. The van der Waals surface area contributed by atoms with E-state index in [0.29, 0.717) is 12.2 Å². The van der Waals surface area contributed by atoms with E-state index in [1.165, 1.54) is 11.1 Å². The van der Waals surface area contributed by atoms with Gasteiger partial charge in [0.2, 0.25) is 0 Å². The minimum atomic E-state index is -0.244. The first-order valence-corrected chi connectivity index (χ1v) is 8.88. The van der Waals surface area contributed by atoms with E-state index in [-0.39, 0.29) is 11.4 Å². The van der Waals surface area contributed by atoms with Crippen molar-refractivity contribution >= 4 is 17.6 Å².